The van der Waals surface area contributed by atoms with Gasteiger partial charge in [0.05, 0.1) is 12.9 Å². The molecule has 0 aromatic carbocycles. The van der Waals surface area contributed by atoms with Crippen LogP contribution in [0.5, 0.6) is 0 Å². The number of ether oxygens (including phenoxy) is 1. The van der Waals surface area contributed by atoms with Gasteiger partial charge in [0.2, 0.25) is 0 Å². The average Bonchev–Trinajstić information content (AvgIpc) is 2.03. The first-order chi connectivity index (χ1) is 5.90. The van der Waals surface area contributed by atoms with Crippen LogP contribution in [-0.4, -0.2) is 51.6 Å². The van der Waals surface area contributed by atoms with Crippen LogP contribution in [0.15, 0.2) is 0 Å². The molecule has 0 aliphatic carbocycles. The predicted molar refractivity (Wildman–Crippen MR) is 49.4 cm³/mol. The molecule has 13 heavy (non-hydrogen) atoms. The molecular weight excluding hydrogens is 194 g/mol. The second-order valence-corrected chi connectivity index (χ2v) is 4.94. The number of hydrogen-bond donors (Lipinski definition) is 0. The molecular formula is C7H15NO4S. The van der Waals surface area contributed by atoms with Crippen LogP contribution in [0.4, 0.5) is 4.79 Å². The Hall–Kier alpha value is -0.780. The van der Waals surface area contributed by atoms with Gasteiger partial charge in [0.1, 0.15) is 9.84 Å². The van der Waals surface area contributed by atoms with Crippen molar-refractivity contribution in [1.82, 2.24) is 4.90 Å². The zero-order valence-corrected chi connectivity index (χ0v) is 8.93. The van der Waals surface area contributed by atoms with Gasteiger partial charge in [-0.15, -0.1) is 0 Å². The molecule has 0 aromatic heterocycles. The molecule has 0 N–H and O–H groups in total. The maximum absolute atomic E-state index is 11.0. The topological polar surface area (TPSA) is 63.7 Å². The van der Waals surface area contributed by atoms with E-state index in [0.29, 0.717) is 6.54 Å². The third kappa shape index (κ3) is 5.46. The average molecular weight is 209 g/mol. The smallest absolute Gasteiger partial charge is 0.409 e. The summed E-state index contributed by atoms with van der Waals surface area (Å²) < 4.78 is 26.0. The molecule has 0 bridgehead atoms. The number of methoxy groups -OCH3 is 1. The van der Waals surface area contributed by atoms with Crippen molar-refractivity contribution < 1.29 is 17.9 Å². The van der Waals surface area contributed by atoms with Gasteiger partial charge in [-0.2, -0.15) is 0 Å². The minimum atomic E-state index is -3.02. The lowest BCUT2D eigenvalue weighted by Crippen LogP contribution is -2.34. The fourth-order valence-electron chi connectivity index (χ4n) is 0.784. The fourth-order valence-corrected chi connectivity index (χ4v) is 1.34. The molecule has 0 saturated heterocycles. The highest BCUT2D eigenvalue weighted by molar-refractivity contribution is 7.90. The van der Waals surface area contributed by atoms with Gasteiger partial charge in [-0.3, -0.25) is 0 Å². The van der Waals surface area contributed by atoms with Gasteiger partial charge in [-0.05, 0) is 6.92 Å². The first kappa shape index (κ1) is 12.2. The lowest BCUT2D eigenvalue weighted by atomic mass is 10.5. The minimum Gasteiger partial charge on any atom is -0.453 e. The van der Waals surface area contributed by atoms with Crippen LogP contribution < -0.4 is 0 Å². The van der Waals surface area contributed by atoms with E-state index in [2.05, 4.69) is 4.74 Å². The summed E-state index contributed by atoms with van der Waals surface area (Å²) in [5.41, 5.74) is 0. The number of amides is 1. The third-order valence-corrected chi connectivity index (χ3v) is 2.47. The summed E-state index contributed by atoms with van der Waals surface area (Å²) in [5.74, 6) is -0.0318. The highest BCUT2D eigenvalue weighted by Crippen LogP contribution is 1.94. The van der Waals surface area contributed by atoms with Crippen molar-refractivity contribution in [1.29, 1.82) is 0 Å². The molecule has 0 radical (unpaired) electrons. The molecule has 0 rings (SSSR count). The van der Waals surface area contributed by atoms with Crippen molar-refractivity contribution in [2.45, 2.75) is 6.92 Å². The molecule has 0 aliphatic rings. The van der Waals surface area contributed by atoms with Crippen molar-refractivity contribution in [2.75, 3.05) is 32.2 Å². The normalized spacial score (nSPS) is 11.0. The van der Waals surface area contributed by atoms with Gasteiger partial charge >= 0.3 is 6.09 Å². The van der Waals surface area contributed by atoms with Crippen molar-refractivity contribution in [3.8, 4) is 0 Å². The molecule has 0 unspecified atom stereocenters. The Bertz CT molecular complexity index is 260. The summed E-state index contributed by atoms with van der Waals surface area (Å²) in [6.07, 6.45) is 0.643. The first-order valence-corrected chi connectivity index (χ1v) is 5.97. The maximum Gasteiger partial charge on any atom is 0.409 e. The van der Waals surface area contributed by atoms with Crippen LogP contribution >= 0.6 is 0 Å². The number of rotatable bonds is 4. The van der Waals surface area contributed by atoms with E-state index < -0.39 is 15.9 Å². The molecule has 0 aliphatic heterocycles. The predicted octanol–water partition coefficient (Wildman–Crippen LogP) is 0.119. The SMILES string of the molecule is CCN(CCS(C)(=O)=O)C(=O)OC. The maximum atomic E-state index is 11.0. The summed E-state index contributed by atoms with van der Waals surface area (Å²) in [5, 5.41) is 0. The monoisotopic (exact) mass is 209 g/mol. The van der Waals surface area contributed by atoms with E-state index in [-0.39, 0.29) is 12.3 Å². The van der Waals surface area contributed by atoms with Crippen molar-refractivity contribution in [2.24, 2.45) is 0 Å². The molecule has 78 valence electrons. The fraction of sp³-hybridized carbons (Fsp3) is 0.857. The van der Waals surface area contributed by atoms with Crippen LogP contribution in [0.2, 0.25) is 0 Å². The van der Waals surface area contributed by atoms with Gasteiger partial charge in [0, 0.05) is 19.3 Å². The summed E-state index contributed by atoms with van der Waals surface area (Å²) in [7, 11) is -1.75. The quantitative estimate of drug-likeness (QED) is 0.659. The van der Waals surface area contributed by atoms with Crippen molar-refractivity contribution >= 4 is 15.9 Å². The summed E-state index contributed by atoms with van der Waals surface area (Å²) in [4.78, 5) is 12.3. The van der Waals surface area contributed by atoms with Crippen LogP contribution in [-0.2, 0) is 14.6 Å². The number of carbonyl (C=O) groups excluding carboxylic acids is 1. The van der Waals surface area contributed by atoms with E-state index in [1.807, 2.05) is 0 Å². The van der Waals surface area contributed by atoms with Crippen molar-refractivity contribution in [3.63, 3.8) is 0 Å². The zero-order valence-electron chi connectivity index (χ0n) is 8.11. The Morgan fingerprint density at radius 1 is 1.46 bits per heavy atom. The molecule has 0 aromatic rings. The van der Waals surface area contributed by atoms with E-state index in [9.17, 15) is 13.2 Å². The van der Waals surface area contributed by atoms with E-state index in [1.165, 1.54) is 12.0 Å². The van der Waals surface area contributed by atoms with E-state index >= 15 is 0 Å². The molecule has 6 heteroatoms. The third-order valence-electron chi connectivity index (χ3n) is 1.55. The first-order valence-electron chi connectivity index (χ1n) is 3.91. The van der Waals surface area contributed by atoms with E-state index in [1.54, 1.807) is 6.92 Å². The summed E-state index contributed by atoms with van der Waals surface area (Å²) in [6, 6.07) is 0. The van der Waals surface area contributed by atoms with Crippen LogP contribution in [0.3, 0.4) is 0 Å². The Morgan fingerprint density at radius 2 is 2.00 bits per heavy atom. The summed E-state index contributed by atoms with van der Waals surface area (Å²) >= 11 is 0. The second-order valence-electron chi connectivity index (χ2n) is 2.68. The number of nitrogens with zero attached hydrogens (tertiary/aromatic N) is 1. The lowest BCUT2D eigenvalue weighted by molar-refractivity contribution is 0.128. The van der Waals surface area contributed by atoms with Gasteiger partial charge in [0.25, 0.3) is 0 Å². The minimum absolute atomic E-state index is 0.0318. The van der Waals surface area contributed by atoms with E-state index in [4.69, 9.17) is 0 Å². The lowest BCUT2D eigenvalue weighted by Gasteiger charge is -2.18. The van der Waals surface area contributed by atoms with Crippen LogP contribution in [0, 0.1) is 0 Å². The molecule has 0 fully saturated rings. The second kappa shape index (κ2) is 5.06. The molecule has 0 atom stereocenters. The van der Waals surface area contributed by atoms with Crippen LogP contribution in [0.1, 0.15) is 6.92 Å². The van der Waals surface area contributed by atoms with Gasteiger partial charge in [0.15, 0.2) is 0 Å². The summed E-state index contributed by atoms with van der Waals surface area (Å²) in [6.45, 7) is 2.39. The Labute approximate surface area is 78.6 Å². The zero-order chi connectivity index (χ0) is 10.5. The number of carbonyl (C=O) groups is 1. The molecule has 0 saturated carbocycles. The standard InChI is InChI=1S/C7H15NO4S/c1-4-8(7(9)12-2)5-6-13(3,10)11/h4-6H2,1-3H3. The van der Waals surface area contributed by atoms with Crippen LogP contribution in [0.25, 0.3) is 0 Å². The molecule has 5 nitrogen and oxygen atoms in total. The Kier molecular flexibility index (Phi) is 4.76. The number of sulfone groups is 1. The number of hydrogen-bond acceptors (Lipinski definition) is 4. The largest absolute Gasteiger partial charge is 0.453 e. The Balaban J connectivity index is 4.08. The van der Waals surface area contributed by atoms with Gasteiger partial charge in [-0.25, -0.2) is 13.2 Å². The van der Waals surface area contributed by atoms with E-state index in [0.717, 1.165) is 6.26 Å². The molecule has 1 amide bonds. The highest BCUT2D eigenvalue weighted by Gasteiger charge is 2.13. The highest BCUT2D eigenvalue weighted by atomic mass is 32.2. The van der Waals surface area contributed by atoms with Gasteiger partial charge in [-0.1, -0.05) is 0 Å². The molecule has 0 heterocycles. The van der Waals surface area contributed by atoms with Crippen molar-refractivity contribution in [3.05, 3.63) is 0 Å². The van der Waals surface area contributed by atoms with Gasteiger partial charge < -0.3 is 9.64 Å². The Morgan fingerprint density at radius 3 is 2.31 bits per heavy atom. The molecule has 0 spiro atoms.